The van der Waals surface area contributed by atoms with Crippen molar-refractivity contribution in [2.24, 2.45) is 10.7 Å². The number of halogens is 3. The summed E-state index contributed by atoms with van der Waals surface area (Å²) in [7, 11) is 0. The van der Waals surface area contributed by atoms with Gasteiger partial charge in [-0.25, -0.2) is 0 Å². The molecule has 6 heteroatoms. The van der Waals surface area contributed by atoms with Crippen LogP contribution in [0.15, 0.2) is 29.3 Å². The molecule has 1 unspecified atom stereocenters. The molecule has 3 N–H and O–H groups in total. The highest BCUT2D eigenvalue weighted by molar-refractivity contribution is 5.78. The van der Waals surface area contributed by atoms with Crippen LogP contribution < -0.4 is 11.1 Å². The Morgan fingerprint density at radius 1 is 1.32 bits per heavy atom. The summed E-state index contributed by atoms with van der Waals surface area (Å²) in [5.41, 5.74) is 6.16. The minimum atomic E-state index is -4.28. The maximum Gasteiger partial charge on any atom is 0.416 e. The molecule has 0 bridgehead atoms. The van der Waals surface area contributed by atoms with E-state index in [2.05, 4.69) is 17.2 Å². The Labute approximate surface area is 128 Å². The number of guanidine groups is 1. The fourth-order valence-corrected chi connectivity index (χ4v) is 2.50. The lowest BCUT2D eigenvalue weighted by Gasteiger charge is -2.33. The van der Waals surface area contributed by atoms with E-state index in [0.29, 0.717) is 5.96 Å². The highest BCUT2D eigenvalue weighted by Gasteiger charge is 2.33. The summed E-state index contributed by atoms with van der Waals surface area (Å²) in [5.74, 6) is 0.720. The Bertz CT molecular complexity index is 516. The topological polar surface area (TPSA) is 50.4 Å². The highest BCUT2D eigenvalue weighted by Crippen LogP contribution is 2.39. The Morgan fingerprint density at radius 2 is 1.91 bits per heavy atom. The number of alkyl halides is 3. The molecule has 0 saturated heterocycles. The Balaban J connectivity index is 1.87. The van der Waals surface area contributed by atoms with Gasteiger partial charge in [0, 0.05) is 6.04 Å². The lowest BCUT2D eigenvalue weighted by atomic mass is 9.76. The third-order valence-electron chi connectivity index (χ3n) is 4.15. The minimum absolute atomic E-state index is 0.156. The van der Waals surface area contributed by atoms with Crippen molar-refractivity contribution in [2.45, 2.75) is 57.3 Å². The van der Waals surface area contributed by atoms with Crippen LogP contribution in [0.2, 0.25) is 0 Å². The number of aliphatic imine (C=N–C) groups is 1. The van der Waals surface area contributed by atoms with E-state index in [-0.39, 0.29) is 18.0 Å². The van der Waals surface area contributed by atoms with Gasteiger partial charge in [0.1, 0.15) is 0 Å². The molecule has 0 heterocycles. The number of nitrogens with one attached hydrogen (secondary N) is 1. The molecule has 0 spiro atoms. The monoisotopic (exact) mass is 313 g/mol. The highest BCUT2D eigenvalue weighted by atomic mass is 19.4. The summed E-state index contributed by atoms with van der Waals surface area (Å²) in [5, 5.41) is 3.11. The summed E-state index contributed by atoms with van der Waals surface area (Å²) in [6, 6.07) is 5.86. The van der Waals surface area contributed by atoms with Crippen molar-refractivity contribution < 1.29 is 13.2 Å². The van der Waals surface area contributed by atoms with Crippen LogP contribution in [0.4, 0.5) is 13.2 Å². The first kappa shape index (κ1) is 16.6. The molecule has 1 aromatic carbocycles. The lowest BCUT2D eigenvalue weighted by molar-refractivity contribution is -0.137. The third-order valence-corrected chi connectivity index (χ3v) is 4.15. The average molecular weight is 313 g/mol. The van der Waals surface area contributed by atoms with Gasteiger partial charge in [0.15, 0.2) is 5.96 Å². The van der Waals surface area contributed by atoms with Crippen LogP contribution in [-0.4, -0.2) is 18.0 Å². The Morgan fingerprint density at radius 3 is 2.41 bits per heavy atom. The standard InChI is InChI=1S/C16H22F3N3/c1-3-10(2)21-15(20)22-14-8-12(9-14)11-4-6-13(7-5-11)16(17,18)19/h4-7,10,12,14H,3,8-9H2,1-2H3,(H3,20,21,22). The molecule has 22 heavy (non-hydrogen) atoms. The molecule has 0 radical (unpaired) electrons. The molecule has 3 nitrogen and oxygen atoms in total. The van der Waals surface area contributed by atoms with Crippen molar-refractivity contribution in [1.82, 2.24) is 5.32 Å². The zero-order valence-corrected chi connectivity index (χ0v) is 12.8. The molecule has 1 aromatic rings. The number of hydrogen-bond donors (Lipinski definition) is 2. The van der Waals surface area contributed by atoms with Gasteiger partial charge in [-0.3, -0.25) is 4.99 Å². The van der Waals surface area contributed by atoms with Crippen LogP contribution in [0.3, 0.4) is 0 Å². The van der Waals surface area contributed by atoms with Crippen molar-refractivity contribution in [3.63, 3.8) is 0 Å². The molecule has 1 saturated carbocycles. The number of hydrogen-bond acceptors (Lipinski definition) is 1. The maximum atomic E-state index is 12.5. The summed E-state index contributed by atoms with van der Waals surface area (Å²) in [4.78, 5) is 4.41. The Hall–Kier alpha value is -1.72. The van der Waals surface area contributed by atoms with Gasteiger partial charge in [0.05, 0.1) is 11.6 Å². The number of benzene rings is 1. The summed E-state index contributed by atoms with van der Waals surface area (Å²) in [6.07, 6.45) is -1.65. The van der Waals surface area contributed by atoms with E-state index in [0.717, 1.165) is 37.0 Å². The SMILES string of the molecule is CCC(C)NC(N)=NC1CC(c2ccc(C(F)(F)F)cc2)C1. The molecule has 1 fully saturated rings. The van der Waals surface area contributed by atoms with E-state index in [1.165, 1.54) is 0 Å². The summed E-state index contributed by atoms with van der Waals surface area (Å²) < 4.78 is 37.6. The Kier molecular flexibility index (Phi) is 4.98. The van der Waals surface area contributed by atoms with E-state index in [1.807, 2.05) is 6.92 Å². The van der Waals surface area contributed by atoms with E-state index in [1.54, 1.807) is 12.1 Å². The molecule has 2 rings (SSSR count). The largest absolute Gasteiger partial charge is 0.416 e. The van der Waals surface area contributed by atoms with Crippen LogP contribution in [-0.2, 0) is 6.18 Å². The predicted octanol–water partition coefficient (Wildman–Crippen LogP) is 3.65. The number of nitrogens with two attached hydrogens (primary N) is 1. The minimum Gasteiger partial charge on any atom is -0.370 e. The van der Waals surface area contributed by atoms with Crippen molar-refractivity contribution in [3.05, 3.63) is 35.4 Å². The van der Waals surface area contributed by atoms with Crippen LogP contribution in [0.5, 0.6) is 0 Å². The second-order valence-electron chi connectivity index (χ2n) is 5.91. The first-order chi connectivity index (χ1) is 10.3. The van der Waals surface area contributed by atoms with Crippen molar-refractivity contribution in [2.75, 3.05) is 0 Å². The van der Waals surface area contributed by atoms with Gasteiger partial charge < -0.3 is 11.1 Å². The van der Waals surface area contributed by atoms with E-state index in [9.17, 15) is 13.2 Å². The van der Waals surface area contributed by atoms with Gasteiger partial charge in [0.2, 0.25) is 0 Å². The first-order valence-corrected chi connectivity index (χ1v) is 7.56. The zero-order chi connectivity index (χ0) is 16.3. The van der Waals surface area contributed by atoms with Crippen molar-refractivity contribution in [3.8, 4) is 0 Å². The second-order valence-corrected chi connectivity index (χ2v) is 5.91. The van der Waals surface area contributed by atoms with Gasteiger partial charge in [-0.05, 0) is 49.8 Å². The molecular formula is C16H22F3N3. The fourth-order valence-electron chi connectivity index (χ4n) is 2.50. The first-order valence-electron chi connectivity index (χ1n) is 7.56. The number of nitrogens with zero attached hydrogens (tertiary/aromatic N) is 1. The summed E-state index contributed by atoms with van der Waals surface area (Å²) in [6.45, 7) is 4.10. The molecular weight excluding hydrogens is 291 g/mol. The molecule has 0 amide bonds. The molecule has 1 aliphatic carbocycles. The second kappa shape index (κ2) is 6.58. The van der Waals surface area contributed by atoms with Crippen LogP contribution in [0.1, 0.15) is 50.2 Å². The van der Waals surface area contributed by atoms with Crippen molar-refractivity contribution >= 4 is 5.96 Å². The van der Waals surface area contributed by atoms with Crippen LogP contribution >= 0.6 is 0 Å². The van der Waals surface area contributed by atoms with E-state index < -0.39 is 11.7 Å². The smallest absolute Gasteiger partial charge is 0.370 e. The van der Waals surface area contributed by atoms with Gasteiger partial charge in [-0.2, -0.15) is 13.2 Å². The molecule has 1 atom stereocenters. The number of rotatable bonds is 4. The molecule has 122 valence electrons. The fraction of sp³-hybridized carbons (Fsp3) is 0.562. The summed E-state index contributed by atoms with van der Waals surface area (Å²) >= 11 is 0. The zero-order valence-electron chi connectivity index (χ0n) is 12.8. The van der Waals surface area contributed by atoms with Gasteiger partial charge in [-0.15, -0.1) is 0 Å². The van der Waals surface area contributed by atoms with Crippen molar-refractivity contribution in [1.29, 1.82) is 0 Å². The third kappa shape index (κ3) is 4.15. The average Bonchev–Trinajstić information content (AvgIpc) is 2.41. The van der Waals surface area contributed by atoms with Gasteiger partial charge >= 0.3 is 6.18 Å². The molecule has 0 aliphatic heterocycles. The van der Waals surface area contributed by atoms with Gasteiger partial charge in [-0.1, -0.05) is 19.1 Å². The molecule has 0 aromatic heterocycles. The quantitative estimate of drug-likeness (QED) is 0.658. The van der Waals surface area contributed by atoms with E-state index in [4.69, 9.17) is 5.73 Å². The van der Waals surface area contributed by atoms with Crippen LogP contribution in [0.25, 0.3) is 0 Å². The maximum absolute atomic E-state index is 12.5. The normalized spacial score (nSPS) is 23.8. The van der Waals surface area contributed by atoms with E-state index >= 15 is 0 Å². The lowest BCUT2D eigenvalue weighted by Crippen LogP contribution is -2.40. The van der Waals surface area contributed by atoms with Crippen LogP contribution in [0, 0.1) is 0 Å². The molecule has 1 aliphatic rings. The predicted molar refractivity (Wildman–Crippen MR) is 81.7 cm³/mol. The van der Waals surface area contributed by atoms with Gasteiger partial charge in [0.25, 0.3) is 0 Å².